The zero-order valence-corrected chi connectivity index (χ0v) is 18.5. The van der Waals surface area contributed by atoms with Crippen molar-refractivity contribution in [2.45, 2.75) is 25.8 Å². The van der Waals surface area contributed by atoms with Gasteiger partial charge in [0.1, 0.15) is 5.75 Å². The Morgan fingerprint density at radius 2 is 2.13 bits per heavy atom. The highest BCUT2D eigenvalue weighted by atomic mass is 32.1. The van der Waals surface area contributed by atoms with Crippen LogP contribution in [-0.4, -0.2) is 57.7 Å². The largest absolute Gasteiger partial charge is 0.495 e. The number of amides is 1. The van der Waals surface area contributed by atoms with E-state index in [-0.39, 0.29) is 5.91 Å². The van der Waals surface area contributed by atoms with Crippen molar-refractivity contribution in [3.63, 3.8) is 0 Å². The average molecular weight is 430 g/mol. The zero-order chi connectivity index (χ0) is 21.2. The van der Waals surface area contributed by atoms with E-state index in [1.54, 1.807) is 7.11 Å². The van der Waals surface area contributed by atoms with Gasteiger partial charge in [-0.2, -0.15) is 0 Å². The molecule has 0 aliphatic carbocycles. The summed E-state index contributed by atoms with van der Waals surface area (Å²) in [7, 11) is 1.71. The minimum Gasteiger partial charge on any atom is -0.495 e. The molecule has 2 aromatic rings. The quantitative estimate of drug-likeness (QED) is 0.325. The van der Waals surface area contributed by atoms with E-state index in [1.165, 1.54) is 11.3 Å². The molecule has 0 spiro atoms. The van der Waals surface area contributed by atoms with Crippen LogP contribution in [0.15, 0.2) is 46.8 Å². The third-order valence-electron chi connectivity index (χ3n) is 4.93. The Morgan fingerprint density at radius 3 is 2.90 bits per heavy atom. The summed E-state index contributed by atoms with van der Waals surface area (Å²) in [6.07, 6.45) is 1.84. The fourth-order valence-corrected chi connectivity index (χ4v) is 4.11. The second kappa shape index (κ2) is 11.4. The summed E-state index contributed by atoms with van der Waals surface area (Å²) < 4.78 is 5.50. The lowest BCUT2D eigenvalue weighted by Gasteiger charge is -2.22. The Hall–Kier alpha value is -2.74. The number of ether oxygens (including phenoxy) is 1. The number of hydrogen-bond acceptors (Lipinski definition) is 5. The normalized spacial score (nSPS) is 16.4. The van der Waals surface area contributed by atoms with Gasteiger partial charge in [-0.25, -0.2) is 0 Å². The maximum absolute atomic E-state index is 12.0. The van der Waals surface area contributed by atoms with Crippen LogP contribution in [0.4, 0.5) is 5.69 Å². The molecule has 3 N–H and O–H groups in total. The van der Waals surface area contributed by atoms with Crippen LogP contribution in [0, 0.1) is 0 Å². The number of carbonyl (C=O) groups excluding carboxylic acids is 1. The number of methoxy groups -OCH3 is 1. The number of anilines is 1. The van der Waals surface area contributed by atoms with Gasteiger partial charge in [0.15, 0.2) is 5.96 Å². The van der Waals surface area contributed by atoms with Crippen LogP contribution >= 0.6 is 11.3 Å². The Balaban J connectivity index is 1.45. The Bertz CT molecular complexity index is 825. The van der Waals surface area contributed by atoms with E-state index in [0.29, 0.717) is 19.1 Å². The van der Waals surface area contributed by atoms with E-state index < -0.39 is 0 Å². The number of para-hydroxylation sites is 2. The highest BCUT2D eigenvalue weighted by molar-refractivity contribution is 7.12. The third-order valence-corrected chi connectivity index (χ3v) is 5.80. The summed E-state index contributed by atoms with van der Waals surface area (Å²) in [6.45, 7) is 6.03. The highest BCUT2D eigenvalue weighted by Crippen LogP contribution is 2.30. The van der Waals surface area contributed by atoms with Gasteiger partial charge >= 0.3 is 0 Å². The highest BCUT2D eigenvalue weighted by Gasteiger charge is 2.25. The molecule has 2 heterocycles. The van der Waals surface area contributed by atoms with Crippen LogP contribution in [0.5, 0.6) is 5.75 Å². The number of guanidine groups is 1. The minimum absolute atomic E-state index is 0.0126. The van der Waals surface area contributed by atoms with Gasteiger partial charge in [0.2, 0.25) is 0 Å². The standard InChI is InChI=1S/C22H31N5O2S/c1-3-23-22(25-13-7-12-24-21(28)20-10-6-15-30-20)26-17-11-14-27(16-17)18-8-4-5-9-19(18)29-2/h4-6,8-10,15,17H,3,7,11-14,16H2,1-2H3,(H,24,28)(H2,23,25,26). The molecule has 8 heteroatoms. The van der Waals surface area contributed by atoms with Crippen molar-refractivity contribution >= 4 is 28.9 Å². The third kappa shape index (κ3) is 6.13. The van der Waals surface area contributed by atoms with Crippen molar-refractivity contribution in [2.24, 2.45) is 4.99 Å². The van der Waals surface area contributed by atoms with E-state index >= 15 is 0 Å². The first-order valence-corrected chi connectivity index (χ1v) is 11.3. The molecular formula is C22H31N5O2S. The molecule has 1 aromatic carbocycles. The summed E-state index contributed by atoms with van der Waals surface area (Å²) in [6, 6.07) is 12.2. The van der Waals surface area contributed by atoms with Crippen molar-refractivity contribution in [3.8, 4) is 5.75 Å². The van der Waals surface area contributed by atoms with Crippen molar-refractivity contribution < 1.29 is 9.53 Å². The Kier molecular flexibility index (Phi) is 8.38. The smallest absolute Gasteiger partial charge is 0.261 e. The van der Waals surface area contributed by atoms with E-state index in [1.807, 2.05) is 35.7 Å². The van der Waals surface area contributed by atoms with Gasteiger partial charge < -0.3 is 25.6 Å². The van der Waals surface area contributed by atoms with Crippen molar-refractivity contribution in [2.75, 3.05) is 44.7 Å². The lowest BCUT2D eigenvalue weighted by atomic mass is 10.2. The molecule has 0 radical (unpaired) electrons. The number of hydrogen-bond donors (Lipinski definition) is 3. The summed E-state index contributed by atoms with van der Waals surface area (Å²) >= 11 is 1.45. The molecule has 1 amide bonds. The molecule has 3 rings (SSSR count). The minimum atomic E-state index is -0.0126. The molecule has 1 aromatic heterocycles. The predicted molar refractivity (Wildman–Crippen MR) is 124 cm³/mol. The van der Waals surface area contributed by atoms with Crippen LogP contribution in [0.1, 0.15) is 29.4 Å². The molecule has 1 atom stereocenters. The lowest BCUT2D eigenvalue weighted by molar-refractivity contribution is 0.0957. The number of carbonyl (C=O) groups is 1. The van der Waals surface area contributed by atoms with Crippen LogP contribution in [0.3, 0.4) is 0 Å². The summed E-state index contributed by atoms with van der Waals surface area (Å²) in [5, 5.41) is 11.7. The van der Waals surface area contributed by atoms with Gasteiger partial charge in [-0.3, -0.25) is 9.79 Å². The van der Waals surface area contributed by atoms with Crippen molar-refractivity contribution in [1.82, 2.24) is 16.0 Å². The molecule has 1 aliphatic heterocycles. The summed E-state index contributed by atoms with van der Waals surface area (Å²) in [4.78, 5) is 19.7. The van der Waals surface area contributed by atoms with E-state index in [2.05, 4.69) is 38.8 Å². The number of nitrogens with zero attached hydrogens (tertiary/aromatic N) is 2. The van der Waals surface area contributed by atoms with Crippen molar-refractivity contribution in [3.05, 3.63) is 46.7 Å². The van der Waals surface area contributed by atoms with Crippen molar-refractivity contribution in [1.29, 1.82) is 0 Å². The number of aliphatic imine (C=N–C) groups is 1. The van der Waals surface area contributed by atoms with Gasteiger partial charge in [0.05, 0.1) is 17.7 Å². The molecule has 162 valence electrons. The SMILES string of the molecule is CCNC(=NCCCNC(=O)c1cccs1)NC1CCN(c2ccccc2OC)C1. The van der Waals surface area contributed by atoms with Crippen LogP contribution in [0.25, 0.3) is 0 Å². The van der Waals surface area contributed by atoms with E-state index in [0.717, 1.165) is 54.7 Å². The number of nitrogens with one attached hydrogen (secondary N) is 3. The van der Waals surface area contributed by atoms with Crippen LogP contribution in [-0.2, 0) is 0 Å². The topological polar surface area (TPSA) is 78.0 Å². The predicted octanol–water partition coefficient (Wildman–Crippen LogP) is 2.71. The van der Waals surface area contributed by atoms with Gasteiger partial charge in [-0.1, -0.05) is 18.2 Å². The van der Waals surface area contributed by atoms with Gasteiger partial charge in [-0.15, -0.1) is 11.3 Å². The molecule has 1 unspecified atom stereocenters. The average Bonchev–Trinajstić information content (AvgIpc) is 3.46. The van der Waals surface area contributed by atoms with Gasteiger partial charge in [-0.05, 0) is 43.3 Å². The summed E-state index contributed by atoms with van der Waals surface area (Å²) in [5.74, 6) is 1.72. The van der Waals surface area contributed by atoms with E-state index in [9.17, 15) is 4.79 Å². The molecule has 0 bridgehead atoms. The molecule has 7 nitrogen and oxygen atoms in total. The maximum atomic E-state index is 12.0. The fourth-order valence-electron chi connectivity index (χ4n) is 3.47. The molecule has 30 heavy (non-hydrogen) atoms. The number of thiophene rings is 1. The number of rotatable bonds is 9. The Morgan fingerprint density at radius 1 is 1.27 bits per heavy atom. The lowest BCUT2D eigenvalue weighted by Crippen LogP contribution is -2.44. The van der Waals surface area contributed by atoms with Gasteiger partial charge in [0, 0.05) is 38.8 Å². The molecule has 1 fully saturated rings. The van der Waals surface area contributed by atoms with E-state index in [4.69, 9.17) is 4.74 Å². The number of benzene rings is 1. The summed E-state index contributed by atoms with van der Waals surface area (Å²) in [5.41, 5.74) is 1.13. The molecule has 1 saturated heterocycles. The first-order valence-electron chi connectivity index (χ1n) is 10.5. The first kappa shape index (κ1) is 22.0. The fraction of sp³-hybridized carbons (Fsp3) is 0.455. The van der Waals surface area contributed by atoms with Gasteiger partial charge in [0.25, 0.3) is 5.91 Å². The molecular weight excluding hydrogens is 398 g/mol. The molecule has 0 saturated carbocycles. The second-order valence-corrected chi connectivity index (χ2v) is 8.04. The van der Waals surface area contributed by atoms with Crippen LogP contribution in [0.2, 0.25) is 0 Å². The monoisotopic (exact) mass is 429 g/mol. The molecule has 1 aliphatic rings. The Labute approximate surface area is 182 Å². The second-order valence-electron chi connectivity index (χ2n) is 7.10. The van der Waals surface area contributed by atoms with Crippen LogP contribution < -0.4 is 25.6 Å². The zero-order valence-electron chi connectivity index (χ0n) is 17.7. The first-order chi connectivity index (χ1) is 14.7. The maximum Gasteiger partial charge on any atom is 0.261 e.